The van der Waals surface area contributed by atoms with Crippen LogP contribution in [0.25, 0.3) is 0 Å². The third-order valence-electron chi connectivity index (χ3n) is 2.71. The second-order valence-corrected chi connectivity index (χ2v) is 4.26. The lowest BCUT2D eigenvalue weighted by molar-refractivity contribution is 0.397. The Morgan fingerprint density at radius 2 is 2.16 bits per heavy atom. The quantitative estimate of drug-likeness (QED) is 0.852. The van der Waals surface area contributed by atoms with E-state index in [0.717, 1.165) is 23.4 Å². The Balaban J connectivity index is 2.12. The van der Waals surface area contributed by atoms with Crippen LogP contribution in [-0.4, -0.2) is 22.1 Å². The van der Waals surface area contributed by atoms with Gasteiger partial charge in [0.05, 0.1) is 7.11 Å². The number of hydrogen-bond donors (Lipinski definition) is 1. The molecule has 0 amide bonds. The molecule has 6 heteroatoms. The third-order valence-corrected chi connectivity index (χ3v) is 3.04. The standard InChI is InChI=1S/C13H15ClN4O/c1-3-10-12(14)17-8-18-13(10)16-7-9-4-5-15-11(6-9)19-2/h4-6,8H,3,7H2,1-2H3,(H,16,17,18). The number of nitrogens with one attached hydrogen (secondary N) is 1. The fourth-order valence-electron chi connectivity index (χ4n) is 1.71. The van der Waals surface area contributed by atoms with E-state index in [1.165, 1.54) is 6.33 Å². The molecular weight excluding hydrogens is 264 g/mol. The average Bonchev–Trinajstić information content (AvgIpc) is 2.45. The highest BCUT2D eigenvalue weighted by Crippen LogP contribution is 2.21. The maximum atomic E-state index is 6.04. The molecule has 0 unspecified atom stereocenters. The summed E-state index contributed by atoms with van der Waals surface area (Å²) < 4.78 is 5.09. The monoisotopic (exact) mass is 278 g/mol. The normalized spacial score (nSPS) is 10.3. The highest BCUT2D eigenvalue weighted by atomic mass is 35.5. The third kappa shape index (κ3) is 3.32. The SMILES string of the molecule is CCc1c(Cl)ncnc1NCc1ccnc(OC)c1. The van der Waals surface area contributed by atoms with E-state index in [-0.39, 0.29) is 0 Å². The lowest BCUT2D eigenvalue weighted by Crippen LogP contribution is -2.06. The molecule has 2 rings (SSSR count). The van der Waals surface area contributed by atoms with E-state index in [1.807, 2.05) is 19.1 Å². The van der Waals surface area contributed by atoms with Gasteiger partial charge in [-0.25, -0.2) is 15.0 Å². The van der Waals surface area contributed by atoms with Crippen molar-refractivity contribution >= 4 is 17.4 Å². The van der Waals surface area contributed by atoms with E-state index in [2.05, 4.69) is 20.3 Å². The van der Waals surface area contributed by atoms with Gasteiger partial charge in [-0.2, -0.15) is 0 Å². The van der Waals surface area contributed by atoms with Gasteiger partial charge in [0.2, 0.25) is 5.88 Å². The van der Waals surface area contributed by atoms with Crippen LogP contribution in [0.1, 0.15) is 18.1 Å². The lowest BCUT2D eigenvalue weighted by atomic mass is 10.2. The predicted molar refractivity (Wildman–Crippen MR) is 74.5 cm³/mol. The molecule has 19 heavy (non-hydrogen) atoms. The van der Waals surface area contributed by atoms with E-state index in [1.54, 1.807) is 13.3 Å². The molecule has 1 N–H and O–H groups in total. The van der Waals surface area contributed by atoms with Gasteiger partial charge in [-0.1, -0.05) is 18.5 Å². The molecule has 100 valence electrons. The van der Waals surface area contributed by atoms with Crippen LogP contribution in [0.2, 0.25) is 5.15 Å². The van der Waals surface area contributed by atoms with Crippen molar-refractivity contribution in [3.05, 3.63) is 40.9 Å². The molecule has 0 spiro atoms. The minimum Gasteiger partial charge on any atom is -0.481 e. The van der Waals surface area contributed by atoms with Crippen molar-refractivity contribution in [3.63, 3.8) is 0 Å². The highest BCUT2D eigenvalue weighted by molar-refractivity contribution is 6.30. The number of halogens is 1. The van der Waals surface area contributed by atoms with E-state index in [9.17, 15) is 0 Å². The Labute approximate surface area is 117 Å². The average molecular weight is 279 g/mol. The molecule has 0 saturated carbocycles. The summed E-state index contributed by atoms with van der Waals surface area (Å²) in [6.45, 7) is 2.64. The van der Waals surface area contributed by atoms with Crippen LogP contribution in [0.4, 0.5) is 5.82 Å². The van der Waals surface area contributed by atoms with Gasteiger partial charge in [-0.05, 0) is 18.1 Å². The van der Waals surface area contributed by atoms with Gasteiger partial charge in [-0.3, -0.25) is 0 Å². The van der Waals surface area contributed by atoms with E-state index in [4.69, 9.17) is 16.3 Å². The number of rotatable bonds is 5. The van der Waals surface area contributed by atoms with Gasteiger partial charge in [0.1, 0.15) is 17.3 Å². The van der Waals surface area contributed by atoms with Crippen molar-refractivity contribution in [2.24, 2.45) is 0 Å². The minimum atomic E-state index is 0.493. The van der Waals surface area contributed by atoms with Crippen LogP contribution in [0.15, 0.2) is 24.7 Å². The summed E-state index contributed by atoms with van der Waals surface area (Å²) in [6, 6.07) is 3.80. The summed E-state index contributed by atoms with van der Waals surface area (Å²) in [5.41, 5.74) is 1.98. The van der Waals surface area contributed by atoms with Gasteiger partial charge < -0.3 is 10.1 Å². The summed E-state index contributed by atoms with van der Waals surface area (Å²) in [5, 5.41) is 3.75. The fraction of sp³-hybridized carbons (Fsp3) is 0.308. The second kappa shape index (κ2) is 6.33. The minimum absolute atomic E-state index is 0.493. The van der Waals surface area contributed by atoms with Crippen molar-refractivity contribution < 1.29 is 4.74 Å². The maximum Gasteiger partial charge on any atom is 0.213 e. The Morgan fingerprint density at radius 1 is 1.32 bits per heavy atom. The molecule has 2 heterocycles. The van der Waals surface area contributed by atoms with Crippen LogP contribution < -0.4 is 10.1 Å². The van der Waals surface area contributed by atoms with Crippen molar-refractivity contribution in [1.82, 2.24) is 15.0 Å². The number of ether oxygens (including phenoxy) is 1. The molecule has 2 aromatic rings. The zero-order valence-electron chi connectivity index (χ0n) is 10.9. The first-order valence-corrected chi connectivity index (χ1v) is 6.34. The largest absolute Gasteiger partial charge is 0.481 e. The Morgan fingerprint density at radius 3 is 2.89 bits per heavy atom. The summed E-state index contributed by atoms with van der Waals surface area (Å²) >= 11 is 6.04. The number of hydrogen-bond acceptors (Lipinski definition) is 5. The number of aromatic nitrogens is 3. The molecule has 5 nitrogen and oxygen atoms in total. The molecule has 0 aromatic carbocycles. The number of pyridine rings is 1. The first kappa shape index (κ1) is 13.5. The fourth-order valence-corrected chi connectivity index (χ4v) is 1.98. The Hall–Kier alpha value is -1.88. The van der Waals surface area contributed by atoms with E-state index < -0.39 is 0 Å². The molecule has 0 atom stereocenters. The number of anilines is 1. The van der Waals surface area contributed by atoms with Gasteiger partial charge in [0, 0.05) is 24.4 Å². The van der Waals surface area contributed by atoms with Crippen molar-refractivity contribution in [2.75, 3.05) is 12.4 Å². The van der Waals surface area contributed by atoms with Crippen LogP contribution in [0.5, 0.6) is 5.88 Å². The lowest BCUT2D eigenvalue weighted by Gasteiger charge is -2.10. The van der Waals surface area contributed by atoms with Gasteiger partial charge in [-0.15, -0.1) is 0 Å². The van der Waals surface area contributed by atoms with Gasteiger partial charge in [0.25, 0.3) is 0 Å². The van der Waals surface area contributed by atoms with Crippen molar-refractivity contribution in [3.8, 4) is 5.88 Å². The van der Waals surface area contributed by atoms with Gasteiger partial charge >= 0.3 is 0 Å². The van der Waals surface area contributed by atoms with E-state index in [0.29, 0.717) is 17.6 Å². The predicted octanol–water partition coefficient (Wildman–Crippen LogP) is 2.71. The van der Waals surface area contributed by atoms with Crippen LogP contribution >= 0.6 is 11.6 Å². The van der Waals surface area contributed by atoms with Crippen molar-refractivity contribution in [2.45, 2.75) is 19.9 Å². The molecule has 0 aliphatic carbocycles. The Kier molecular flexibility index (Phi) is 4.52. The first-order valence-electron chi connectivity index (χ1n) is 5.96. The highest BCUT2D eigenvalue weighted by Gasteiger charge is 2.07. The van der Waals surface area contributed by atoms with Gasteiger partial charge in [0.15, 0.2) is 0 Å². The molecule has 0 bridgehead atoms. The Bertz CT molecular complexity index is 562. The summed E-state index contributed by atoms with van der Waals surface area (Å²) in [7, 11) is 1.60. The van der Waals surface area contributed by atoms with Crippen LogP contribution in [0.3, 0.4) is 0 Å². The summed E-state index contributed by atoms with van der Waals surface area (Å²) in [5.74, 6) is 1.36. The van der Waals surface area contributed by atoms with Crippen molar-refractivity contribution in [1.29, 1.82) is 0 Å². The molecule has 2 aromatic heterocycles. The molecule has 0 aliphatic rings. The summed E-state index contributed by atoms with van der Waals surface area (Å²) in [6.07, 6.45) is 3.95. The molecule has 0 radical (unpaired) electrons. The molecule has 0 aliphatic heterocycles. The number of methoxy groups -OCH3 is 1. The zero-order chi connectivity index (χ0) is 13.7. The summed E-state index contributed by atoms with van der Waals surface area (Å²) in [4.78, 5) is 12.3. The molecule has 0 fully saturated rings. The van der Waals surface area contributed by atoms with E-state index >= 15 is 0 Å². The van der Waals surface area contributed by atoms with Crippen LogP contribution in [-0.2, 0) is 13.0 Å². The molecule has 0 saturated heterocycles. The smallest absolute Gasteiger partial charge is 0.213 e. The number of nitrogens with zero attached hydrogens (tertiary/aromatic N) is 3. The first-order chi connectivity index (χ1) is 9.24. The topological polar surface area (TPSA) is 59.9 Å². The second-order valence-electron chi connectivity index (χ2n) is 3.91. The van der Waals surface area contributed by atoms with Crippen LogP contribution in [0, 0.1) is 0 Å². The maximum absolute atomic E-state index is 6.04. The zero-order valence-corrected chi connectivity index (χ0v) is 11.6. The molecular formula is C13H15ClN4O.